The second-order valence-corrected chi connectivity index (χ2v) is 8.60. The molecule has 1 saturated carbocycles. The van der Waals surface area contributed by atoms with Gasteiger partial charge < -0.3 is 5.32 Å². The largest absolute Gasteiger partial charge is 0.350 e. The molecular weight excluding hydrogens is 353 g/mol. The van der Waals surface area contributed by atoms with E-state index >= 15 is 0 Å². The monoisotopic (exact) mass is 379 g/mol. The van der Waals surface area contributed by atoms with Crippen LogP contribution in [0.1, 0.15) is 46.1 Å². The summed E-state index contributed by atoms with van der Waals surface area (Å²) < 4.78 is 0. The van der Waals surface area contributed by atoms with Gasteiger partial charge in [0.1, 0.15) is 0 Å². The normalized spacial score (nSPS) is 23.4. The predicted octanol–water partition coefficient (Wildman–Crippen LogP) is 6.01. The lowest BCUT2D eigenvalue weighted by Crippen LogP contribution is -2.34. The Kier molecular flexibility index (Phi) is 6.40. The number of nitrogens with one attached hydrogen (secondary N) is 1. The minimum Gasteiger partial charge on any atom is -0.350 e. The molecule has 1 aromatic rings. The number of halogens is 2. The summed E-state index contributed by atoms with van der Waals surface area (Å²) in [7, 11) is 0. The molecule has 1 amide bonds. The molecule has 0 aromatic heterocycles. The molecule has 0 bridgehead atoms. The van der Waals surface area contributed by atoms with Crippen LogP contribution in [0.15, 0.2) is 42.5 Å². The van der Waals surface area contributed by atoms with E-state index in [4.69, 9.17) is 23.2 Å². The lowest BCUT2D eigenvalue weighted by Gasteiger charge is -2.15. The molecule has 0 spiro atoms. The fourth-order valence-corrected chi connectivity index (χ4v) is 3.45. The van der Waals surface area contributed by atoms with Crippen molar-refractivity contribution in [2.24, 2.45) is 17.3 Å². The molecule has 0 heterocycles. The molecule has 1 aromatic carbocycles. The summed E-state index contributed by atoms with van der Waals surface area (Å²) in [6.45, 7) is 10.7. The third-order valence-electron chi connectivity index (χ3n) is 5.26. The highest BCUT2D eigenvalue weighted by molar-refractivity contribution is 6.42. The number of rotatable bonds is 6. The first-order chi connectivity index (χ1) is 11.6. The third kappa shape index (κ3) is 4.89. The van der Waals surface area contributed by atoms with Gasteiger partial charge in [-0.05, 0) is 47.8 Å². The van der Waals surface area contributed by atoms with Crippen molar-refractivity contribution in [3.63, 3.8) is 0 Å². The van der Waals surface area contributed by atoms with Crippen molar-refractivity contribution in [2.45, 2.75) is 46.6 Å². The van der Waals surface area contributed by atoms with Gasteiger partial charge in [0.15, 0.2) is 0 Å². The van der Waals surface area contributed by atoms with Gasteiger partial charge in [0.2, 0.25) is 5.91 Å². The minimum absolute atomic E-state index is 0.0538. The fourth-order valence-electron chi connectivity index (χ4n) is 3.15. The fraction of sp³-hybridized carbons (Fsp3) is 0.476. The Labute approximate surface area is 161 Å². The number of hydrogen-bond donors (Lipinski definition) is 1. The van der Waals surface area contributed by atoms with Crippen molar-refractivity contribution in [1.29, 1.82) is 0 Å². The number of benzene rings is 1. The Bertz CT molecular complexity index is 691. The van der Waals surface area contributed by atoms with E-state index < -0.39 is 0 Å². The number of carbonyl (C=O) groups is 1. The lowest BCUT2D eigenvalue weighted by atomic mass is 10.0. The lowest BCUT2D eigenvalue weighted by molar-refractivity contribution is -0.117. The van der Waals surface area contributed by atoms with Crippen molar-refractivity contribution in [2.75, 3.05) is 0 Å². The summed E-state index contributed by atoms with van der Waals surface area (Å²) in [6, 6.07) is 6.03. The first kappa shape index (κ1) is 20.1. The van der Waals surface area contributed by atoms with Crippen LogP contribution in [0, 0.1) is 17.3 Å². The summed E-state index contributed by atoms with van der Waals surface area (Å²) in [5.41, 5.74) is 1.39. The smallest absolute Gasteiger partial charge is 0.244 e. The summed E-state index contributed by atoms with van der Waals surface area (Å²) in [5, 5.41) is 4.14. The van der Waals surface area contributed by atoms with Gasteiger partial charge in [0.05, 0.1) is 10.0 Å². The van der Waals surface area contributed by atoms with Crippen molar-refractivity contribution < 1.29 is 4.79 Å². The van der Waals surface area contributed by atoms with Crippen molar-refractivity contribution in [1.82, 2.24) is 5.32 Å². The van der Waals surface area contributed by atoms with Gasteiger partial charge in [-0.3, -0.25) is 4.79 Å². The van der Waals surface area contributed by atoms with Crippen LogP contribution in [0.5, 0.6) is 0 Å². The van der Waals surface area contributed by atoms with Crippen molar-refractivity contribution in [3.8, 4) is 0 Å². The van der Waals surface area contributed by atoms with Gasteiger partial charge in [0, 0.05) is 12.1 Å². The molecule has 2 nitrogen and oxygen atoms in total. The first-order valence-electron chi connectivity index (χ1n) is 8.75. The van der Waals surface area contributed by atoms with Crippen LogP contribution in [0.4, 0.5) is 0 Å². The SMILES string of the molecule is CC(C)C(C)NC(=O)C=CC=CC1C(c2ccc(Cl)c(Cl)c2)C1(C)C. The van der Waals surface area contributed by atoms with Gasteiger partial charge in [-0.15, -0.1) is 0 Å². The summed E-state index contributed by atoms with van der Waals surface area (Å²) in [5.74, 6) is 1.21. The van der Waals surface area contributed by atoms with E-state index in [1.54, 1.807) is 6.08 Å². The zero-order valence-corrected chi connectivity index (χ0v) is 17.0. The molecule has 136 valence electrons. The molecule has 2 rings (SSSR count). The van der Waals surface area contributed by atoms with Crippen LogP contribution in [0.2, 0.25) is 10.0 Å². The zero-order valence-electron chi connectivity index (χ0n) is 15.5. The number of hydrogen-bond acceptors (Lipinski definition) is 1. The highest BCUT2D eigenvalue weighted by Gasteiger charge is 2.56. The predicted molar refractivity (Wildman–Crippen MR) is 107 cm³/mol. The van der Waals surface area contributed by atoms with Gasteiger partial charge in [-0.25, -0.2) is 0 Å². The van der Waals surface area contributed by atoms with E-state index in [1.165, 1.54) is 5.56 Å². The van der Waals surface area contributed by atoms with Gasteiger partial charge in [-0.2, -0.15) is 0 Å². The molecule has 1 aliphatic carbocycles. The highest BCUT2D eigenvalue weighted by Crippen LogP contribution is 2.65. The van der Waals surface area contributed by atoms with Crippen molar-refractivity contribution in [3.05, 3.63) is 58.1 Å². The second-order valence-electron chi connectivity index (χ2n) is 7.78. The molecule has 1 N–H and O–H groups in total. The van der Waals surface area contributed by atoms with Crippen LogP contribution in [-0.4, -0.2) is 11.9 Å². The standard InChI is InChI=1S/C21H27Cl2NO/c1-13(2)14(3)24-19(25)9-7-6-8-16-20(21(16,4)5)15-10-11-17(22)18(23)12-15/h6-14,16,20H,1-5H3,(H,24,25). The topological polar surface area (TPSA) is 29.1 Å². The third-order valence-corrected chi connectivity index (χ3v) is 6.00. The molecule has 3 atom stereocenters. The Morgan fingerprint density at radius 2 is 1.84 bits per heavy atom. The zero-order chi connectivity index (χ0) is 18.8. The van der Waals surface area contributed by atoms with E-state index in [0.717, 1.165) is 0 Å². The summed E-state index contributed by atoms with van der Waals surface area (Å²) in [4.78, 5) is 11.8. The van der Waals surface area contributed by atoms with Crippen LogP contribution in [-0.2, 0) is 4.79 Å². The maximum Gasteiger partial charge on any atom is 0.244 e. The number of allylic oxidation sites excluding steroid dienone is 3. The van der Waals surface area contributed by atoms with E-state index in [0.29, 0.717) is 27.8 Å². The van der Waals surface area contributed by atoms with Gasteiger partial charge in [-0.1, -0.05) is 75.2 Å². The first-order valence-corrected chi connectivity index (χ1v) is 9.50. The summed E-state index contributed by atoms with van der Waals surface area (Å²) in [6.07, 6.45) is 7.52. The van der Waals surface area contributed by atoms with E-state index in [9.17, 15) is 4.79 Å². The van der Waals surface area contributed by atoms with Crippen LogP contribution >= 0.6 is 23.2 Å². The van der Waals surface area contributed by atoms with Crippen LogP contribution < -0.4 is 5.32 Å². The quantitative estimate of drug-likeness (QED) is 0.476. The molecule has 0 radical (unpaired) electrons. The molecule has 1 fully saturated rings. The Hall–Kier alpha value is -1.25. The van der Waals surface area contributed by atoms with Gasteiger partial charge in [0.25, 0.3) is 0 Å². The maximum atomic E-state index is 11.8. The Morgan fingerprint density at radius 1 is 1.16 bits per heavy atom. The molecule has 25 heavy (non-hydrogen) atoms. The molecule has 1 aliphatic rings. The minimum atomic E-state index is -0.0538. The Morgan fingerprint density at radius 3 is 2.44 bits per heavy atom. The molecule has 3 unspecified atom stereocenters. The van der Waals surface area contributed by atoms with Crippen molar-refractivity contribution >= 4 is 29.1 Å². The molecule has 0 saturated heterocycles. The molecular formula is C21H27Cl2NO. The average molecular weight is 380 g/mol. The second kappa shape index (κ2) is 7.97. The van der Waals surface area contributed by atoms with Crippen LogP contribution in [0.3, 0.4) is 0 Å². The number of carbonyl (C=O) groups excluding carboxylic acids is 1. The number of amides is 1. The summed E-state index contributed by atoms with van der Waals surface area (Å²) >= 11 is 12.2. The average Bonchev–Trinajstić information content (AvgIpc) is 3.07. The van der Waals surface area contributed by atoms with Gasteiger partial charge >= 0.3 is 0 Å². The Balaban J connectivity index is 1.96. The maximum absolute atomic E-state index is 11.8. The highest BCUT2D eigenvalue weighted by atomic mass is 35.5. The molecule has 4 heteroatoms. The van der Waals surface area contributed by atoms with E-state index in [1.807, 2.05) is 37.3 Å². The van der Waals surface area contributed by atoms with E-state index in [-0.39, 0.29) is 17.4 Å². The molecule has 0 aliphatic heterocycles. The van der Waals surface area contributed by atoms with Crippen LogP contribution in [0.25, 0.3) is 0 Å². The van der Waals surface area contributed by atoms with E-state index in [2.05, 4.69) is 39.1 Å².